The Bertz CT molecular complexity index is 1330. The van der Waals surface area contributed by atoms with Crippen molar-refractivity contribution in [2.24, 2.45) is 5.92 Å². The van der Waals surface area contributed by atoms with Crippen LogP contribution in [0, 0.1) is 12.8 Å². The Labute approximate surface area is 227 Å². The van der Waals surface area contributed by atoms with E-state index in [0.29, 0.717) is 28.3 Å². The molecular formula is C29H31N3O3S2. The Balaban J connectivity index is 1.53. The third-order valence-electron chi connectivity index (χ3n) is 6.45. The van der Waals surface area contributed by atoms with Gasteiger partial charge in [-0.3, -0.25) is 9.69 Å². The molecule has 0 N–H and O–H groups in total. The first-order valence-electron chi connectivity index (χ1n) is 12.7. The van der Waals surface area contributed by atoms with Crippen LogP contribution in [0.1, 0.15) is 37.8 Å². The quantitative estimate of drug-likeness (QED) is 0.252. The number of hydrogen-bond acceptors (Lipinski definition) is 6. The van der Waals surface area contributed by atoms with E-state index in [2.05, 4.69) is 26.8 Å². The molecular weight excluding hydrogens is 502 g/mol. The second-order valence-electron chi connectivity index (χ2n) is 9.77. The first-order chi connectivity index (χ1) is 17.9. The number of para-hydroxylation sites is 1. The summed E-state index contributed by atoms with van der Waals surface area (Å²) in [6.45, 7) is 8.21. The minimum atomic E-state index is -0.0744. The minimum absolute atomic E-state index is 0.0504. The summed E-state index contributed by atoms with van der Waals surface area (Å²) in [5.74, 6) is 1.19. The van der Waals surface area contributed by atoms with E-state index in [1.807, 2.05) is 59.4 Å². The number of ether oxygens (including phenoxy) is 2. The number of carbonyl (C=O) groups excluding carboxylic acids is 1. The van der Waals surface area contributed by atoms with Gasteiger partial charge in [-0.25, -0.2) is 4.68 Å². The highest BCUT2D eigenvalue weighted by Gasteiger charge is 2.35. The highest BCUT2D eigenvalue weighted by molar-refractivity contribution is 8.26. The summed E-state index contributed by atoms with van der Waals surface area (Å²) in [7, 11) is 0. The van der Waals surface area contributed by atoms with Crippen LogP contribution in [0.25, 0.3) is 23.0 Å². The number of benzene rings is 2. The van der Waals surface area contributed by atoms with Crippen LogP contribution in [0.15, 0.2) is 59.6 Å². The zero-order valence-electron chi connectivity index (χ0n) is 21.3. The van der Waals surface area contributed by atoms with Gasteiger partial charge in [0.15, 0.2) is 0 Å². The summed E-state index contributed by atoms with van der Waals surface area (Å²) < 4.78 is 14.3. The average molecular weight is 534 g/mol. The van der Waals surface area contributed by atoms with E-state index >= 15 is 0 Å². The van der Waals surface area contributed by atoms with Crippen LogP contribution < -0.4 is 4.74 Å². The molecule has 37 heavy (non-hydrogen) atoms. The molecule has 6 nitrogen and oxygen atoms in total. The topological polar surface area (TPSA) is 56.6 Å². The molecule has 3 aromatic rings. The van der Waals surface area contributed by atoms with Crippen LogP contribution in [0.2, 0.25) is 0 Å². The van der Waals surface area contributed by atoms with Crippen LogP contribution in [-0.4, -0.2) is 50.8 Å². The molecule has 0 saturated carbocycles. The molecule has 8 heteroatoms. The molecule has 0 radical (unpaired) electrons. The first-order valence-corrected chi connectivity index (χ1v) is 13.9. The van der Waals surface area contributed by atoms with E-state index in [0.717, 1.165) is 53.3 Å². The van der Waals surface area contributed by atoms with Crippen molar-refractivity contribution in [3.63, 3.8) is 0 Å². The number of thioether (sulfide) groups is 1. The lowest BCUT2D eigenvalue weighted by Gasteiger charge is -2.18. The Hall–Kier alpha value is -2.94. The lowest BCUT2D eigenvalue weighted by molar-refractivity contribution is -0.123. The average Bonchev–Trinajstić information content (AvgIpc) is 3.61. The van der Waals surface area contributed by atoms with Crippen molar-refractivity contribution in [2.45, 2.75) is 39.7 Å². The molecule has 5 rings (SSSR count). The zero-order valence-corrected chi connectivity index (χ0v) is 23.0. The Kier molecular flexibility index (Phi) is 7.79. The van der Waals surface area contributed by atoms with E-state index < -0.39 is 0 Å². The molecule has 3 heterocycles. The van der Waals surface area contributed by atoms with Crippen LogP contribution in [0.3, 0.4) is 0 Å². The highest BCUT2D eigenvalue weighted by atomic mass is 32.2. The molecule has 0 aliphatic carbocycles. The summed E-state index contributed by atoms with van der Waals surface area (Å²) in [4.78, 5) is 15.6. The summed E-state index contributed by atoms with van der Waals surface area (Å²) >= 11 is 6.92. The van der Waals surface area contributed by atoms with Crippen molar-refractivity contribution in [2.75, 3.05) is 19.8 Å². The number of hydrogen-bond donors (Lipinski definition) is 0. The van der Waals surface area contributed by atoms with Crippen molar-refractivity contribution in [1.82, 2.24) is 14.7 Å². The first kappa shape index (κ1) is 25.7. The largest absolute Gasteiger partial charge is 0.493 e. The Morgan fingerprint density at radius 2 is 2.03 bits per heavy atom. The van der Waals surface area contributed by atoms with Gasteiger partial charge in [-0.1, -0.05) is 68.2 Å². The Morgan fingerprint density at radius 3 is 2.76 bits per heavy atom. The predicted octanol–water partition coefficient (Wildman–Crippen LogP) is 6.26. The molecule has 2 aliphatic rings. The maximum atomic E-state index is 13.3. The van der Waals surface area contributed by atoms with Gasteiger partial charge in [0.2, 0.25) is 0 Å². The lowest BCUT2D eigenvalue weighted by Crippen LogP contribution is -2.35. The standard InChI is InChI=1S/C29H31N3O3S2/c1-19(2)18-35-25-13-7-12-24(20(25)3)27-21(16-32(30-27)22-9-5-4-6-10-22)15-26-28(33)31(29(36)37-26)17-23-11-8-14-34-23/h4-7,9-10,12-13,15-16,19,23H,8,11,14,17-18H2,1-3H3/b26-15-/t23-/m1/s1. The second kappa shape index (κ2) is 11.2. The monoisotopic (exact) mass is 533 g/mol. The van der Waals surface area contributed by atoms with Gasteiger partial charge in [0.25, 0.3) is 5.91 Å². The van der Waals surface area contributed by atoms with Gasteiger partial charge in [0, 0.05) is 29.5 Å². The third-order valence-corrected chi connectivity index (χ3v) is 7.82. The highest BCUT2D eigenvalue weighted by Crippen LogP contribution is 2.37. The molecule has 2 aromatic carbocycles. The van der Waals surface area contributed by atoms with E-state index in [9.17, 15) is 4.79 Å². The van der Waals surface area contributed by atoms with Gasteiger partial charge in [-0.05, 0) is 50.0 Å². The zero-order chi connectivity index (χ0) is 25.9. The molecule has 192 valence electrons. The summed E-state index contributed by atoms with van der Waals surface area (Å²) in [5, 5.41) is 4.97. The van der Waals surface area contributed by atoms with Gasteiger partial charge in [-0.15, -0.1) is 0 Å². The smallest absolute Gasteiger partial charge is 0.266 e. The summed E-state index contributed by atoms with van der Waals surface area (Å²) in [6.07, 6.45) is 5.92. The molecule has 1 atom stereocenters. The molecule has 0 spiro atoms. The fraction of sp³-hybridized carbons (Fsp3) is 0.345. The molecule has 0 unspecified atom stereocenters. The number of aromatic nitrogens is 2. The molecule has 2 fully saturated rings. The van der Waals surface area contributed by atoms with Crippen molar-refractivity contribution >= 4 is 40.3 Å². The predicted molar refractivity (Wildman–Crippen MR) is 153 cm³/mol. The third kappa shape index (κ3) is 5.66. The molecule has 2 aliphatic heterocycles. The molecule has 1 aromatic heterocycles. The van der Waals surface area contributed by atoms with E-state index in [1.165, 1.54) is 11.8 Å². The second-order valence-corrected chi connectivity index (χ2v) is 11.4. The van der Waals surface area contributed by atoms with Gasteiger partial charge in [0.1, 0.15) is 15.8 Å². The van der Waals surface area contributed by atoms with Crippen LogP contribution >= 0.6 is 24.0 Å². The minimum Gasteiger partial charge on any atom is -0.493 e. The fourth-order valence-corrected chi connectivity index (χ4v) is 5.76. The fourth-order valence-electron chi connectivity index (χ4n) is 4.49. The van der Waals surface area contributed by atoms with Crippen molar-refractivity contribution in [3.05, 3.63) is 70.8 Å². The molecule has 0 bridgehead atoms. The van der Waals surface area contributed by atoms with E-state index in [1.54, 1.807) is 4.90 Å². The van der Waals surface area contributed by atoms with Crippen molar-refractivity contribution < 1.29 is 14.3 Å². The molecule has 1 amide bonds. The Morgan fingerprint density at radius 1 is 1.22 bits per heavy atom. The van der Waals surface area contributed by atoms with Gasteiger partial charge in [0.05, 0.1) is 29.8 Å². The van der Waals surface area contributed by atoms with Crippen LogP contribution in [0.5, 0.6) is 5.75 Å². The maximum Gasteiger partial charge on any atom is 0.266 e. The summed E-state index contributed by atoms with van der Waals surface area (Å²) in [6, 6.07) is 16.0. The normalized spacial score (nSPS) is 19.0. The summed E-state index contributed by atoms with van der Waals surface area (Å²) in [5.41, 5.74) is 4.57. The van der Waals surface area contributed by atoms with E-state index in [-0.39, 0.29) is 12.0 Å². The van der Waals surface area contributed by atoms with Crippen molar-refractivity contribution in [3.8, 4) is 22.7 Å². The molecule has 2 saturated heterocycles. The SMILES string of the molecule is Cc1c(OCC(C)C)cccc1-c1nn(-c2ccccc2)cc1/C=C1\SC(=S)N(C[C@H]2CCCO2)C1=O. The van der Waals surface area contributed by atoms with Gasteiger partial charge < -0.3 is 9.47 Å². The number of carbonyl (C=O) groups is 1. The number of rotatable bonds is 8. The van der Waals surface area contributed by atoms with Crippen LogP contribution in [0.4, 0.5) is 0 Å². The van der Waals surface area contributed by atoms with Crippen LogP contribution in [-0.2, 0) is 9.53 Å². The number of nitrogens with zero attached hydrogens (tertiary/aromatic N) is 3. The van der Waals surface area contributed by atoms with Gasteiger partial charge >= 0.3 is 0 Å². The maximum absolute atomic E-state index is 13.3. The number of thiocarbonyl (C=S) groups is 1. The van der Waals surface area contributed by atoms with E-state index in [4.69, 9.17) is 26.8 Å². The number of amides is 1. The lowest BCUT2D eigenvalue weighted by atomic mass is 10.0. The van der Waals surface area contributed by atoms with Crippen molar-refractivity contribution in [1.29, 1.82) is 0 Å². The van der Waals surface area contributed by atoms with Gasteiger partial charge in [-0.2, -0.15) is 5.10 Å².